The average molecular weight is 386 g/mol. The molecule has 0 aliphatic heterocycles. The summed E-state index contributed by atoms with van der Waals surface area (Å²) < 4.78 is 21.7. The minimum atomic E-state index is -0.385. The van der Waals surface area contributed by atoms with E-state index in [2.05, 4.69) is 10.5 Å². The Morgan fingerprint density at radius 3 is 2.50 bits per heavy atom. The molecule has 0 saturated carbocycles. The van der Waals surface area contributed by atoms with Crippen LogP contribution in [0.2, 0.25) is 0 Å². The quantitative estimate of drug-likeness (QED) is 0.498. The number of carbonyl (C=O) groups is 1. The van der Waals surface area contributed by atoms with Gasteiger partial charge in [0.25, 0.3) is 5.91 Å². The van der Waals surface area contributed by atoms with E-state index in [-0.39, 0.29) is 5.91 Å². The third kappa shape index (κ3) is 5.64. The Kier molecular flexibility index (Phi) is 8.14. The number of amides is 1. The third-order valence-electron chi connectivity index (χ3n) is 3.76. The Bertz CT molecular complexity index is 820. The fourth-order valence-electron chi connectivity index (χ4n) is 2.42. The molecule has 7 heteroatoms. The van der Waals surface area contributed by atoms with Gasteiger partial charge < -0.3 is 18.9 Å². The lowest BCUT2D eigenvalue weighted by Crippen LogP contribution is -2.18. The minimum Gasteiger partial charge on any atom is -0.497 e. The number of benzene rings is 2. The fourth-order valence-corrected chi connectivity index (χ4v) is 2.42. The molecule has 1 N–H and O–H groups in total. The van der Waals surface area contributed by atoms with E-state index in [4.69, 9.17) is 18.9 Å². The first-order valence-corrected chi connectivity index (χ1v) is 9.08. The molecule has 7 nitrogen and oxygen atoms in total. The number of nitrogens with zero attached hydrogens (tertiary/aromatic N) is 1. The molecule has 2 aromatic carbocycles. The highest BCUT2D eigenvalue weighted by atomic mass is 16.5. The SMILES string of the molecule is CCCOc1ccc(/C=N/NC(=O)c2ccc(OC)cc2OC)cc1OCC. The first-order chi connectivity index (χ1) is 13.6. The van der Waals surface area contributed by atoms with Crippen LogP contribution in [0, 0.1) is 0 Å². The summed E-state index contributed by atoms with van der Waals surface area (Å²) in [6, 6.07) is 10.4. The molecular formula is C21H26N2O5. The van der Waals surface area contributed by atoms with Gasteiger partial charge in [-0.2, -0.15) is 5.10 Å². The van der Waals surface area contributed by atoms with E-state index >= 15 is 0 Å². The average Bonchev–Trinajstić information content (AvgIpc) is 2.72. The Labute approximate surface area is 165 Å². The van der Waals surface area contributed by atoms with Gasteiger partial charge in [-0.3, -0.25) is 4.79 Å². The van der Waals surface area contributed by atoms with Crippen LogP contribution in [0.15, 0.2) is 41.5 Å². The second-order valence-electron chi connectivity index (χ2n) is 5.75. The Hall–Kier alpha value is -3.22. The van der Waals surface area contributed by atoms with Gasteiger partial charge in [0, 0.05) is 6.07 Å². The highest BCUT2D eigenvalue weighted by Gasteiger charge is 2.12. The van der Waals surface area contributed by atoms with Crippen LogP contribution in [0.25, 0.3) is 0 Å². The molecule has 0 atom stereocenters. The summed E-state index contributed by atoms with van der Waals surface area (Å²) in [4.78, 5) is 12.4. The number of hydrazone groups is 1. The van der Waals surface area contributed by atoms with Crippen LogP contribution in [0.3, 0.4) is 0 Å². The van der Waals surface area contributed by atoms with Gasteiger partial charge in [-0.25, -0.2) is 5.43 Å². The summed E-state index contributed by atoms with van der Waals surface area (Å²) in [7, 11) is 3.04. The van der Waals surface area contributed by atoms with Gasteiger partial charge in [0.15, 0.2) is 11.5 Å². The highest BCUT2D eigenvalue weighted by Crippen LogP contribution is 2.28. The summed E-state index contributed by atoms with van der Waals surface area (Å²) in [5.41, 5.74) is 3.63. The molecule has 0 bridgehead atoms. The summed E-state index contributed by atoms with van der Waals surface area (Å²) in [5.74, 6) is 1.95. The second-order valence-corrected chi connectivity index (χ2v) is 5.75. The van der Waals surface area contributed by atoms with Gasteiger partial charge >= 0.3 is 0 Å². The van der Waals surface area contributed by atoms with Crippen LogP contribution >= 0.6 is 0 Å². The predicted molar refractivity (Wildman–Crippen MR) is 108 cm³/mol. The van der Waals surface area contributed by atoms with Gasteiger partial charge in [-0.15, -0.1) is 0 Å². The third-order valence-corrected chi connectivity index (χ3v) is 3.76. The smallest absolute Gasteiger partial charge is 0.275 e. The van der Waals surface area contributed by atoms with Gasteiger partial charge in [0.2, 0.25) is 0 Å². The largest absolute Gasteiger partial charge is 0.497 e. The molecule has 2 rings (SSSR count). The van der Waals surface area contributed by atoms with Crippen molar-refractivity contribution in [2.24, 2.45) is 5.10 Å². The zero-order valence-corrected chi connectivity index (χ0v) is 16.7. The van der Waals surface area contributed by atoms with Crippen molar-refractivity contribution >= 4 is 12.1 Å². The molecule has 0 radical (unpaired) electrons. The Morgan fingerprint density at radius 2 is 1.82 bits per heavy atom. The number of hydrogen-bond acceptors (Lipinski definition) is 6. The van der Waals surface area contributed by atoms with Crippen LogP contribution in [0.4, 0.5) is 0 Å². The van der Waals surface area contributed by atoms with E-state index < -0.39 is 0 Å². The number of rotatable bonds is 10. The van der Waals surface area contributed by atoms with Crippen molar-refractivity contribution in [2.75, 3.05) is 27.4 Å². The van der Waals surface area contributed by atoms with Crippen molar-refractivity contribution < 1.29 is 23.7 Å². The molecule has 0 fully saturated rings. The van der Waals surface area contributed by atoms with E-state index in [0.717, 1.165) is 12.0 Å². The van der Waals surface area contributed by atoms with Crippen LogP contribution in [-0.4, -0.2) is 39.6 Å². The zero-order valence-electron chi connectivity index (χ0n) is 16.7. The van der Waals surface area contributed by atoms with Gasteiger partial charge in [0.05, 0.1) is 39.2 Å². The summed E-state index contributed by atoms with van der Waals surface area (Å²) >= 11 is 0. The number of methoxy groups -OCH3 is 2. The zero-order chi connectivity index (χ0) is 20.4. The lowest BCUT2D eigenvalue weighted by molar-refractivity contribution is 0.0952. The predicted octanol–water partition coefficient (Wildman–Crippen LogP) is 3.66. The fraction of sp³-hybridized carbons (Fsp3) is 0.333. The van der Waals surface area contributed by atoms with Crippen molar-refractivity contribution in [1.29, 1.82) is 0 Å². The van der Waals surface area contributed by atoms with Crippen molar-refractivity contribution in [3.8, 4) is 23.0 Å². The molecule has 2 aromatic rings. The molecule has 0 aliphatic carbocycles. The number of hydrogen-bond donors (Lipinski definition) is 1. The maximum atomic E-state index is 12.4. The molecular weight excluding hydrogens is 360 g/mol. The van der Waals surface area contributed by atoms with Crippen molar-refractivity contribution in [1.82, 2.24) is 5.43 Å². The Morgan fingerprint density at radius 1 is 1.00 bits per heavy atom. The van der Waals surface area contributed by atoms with E-state index in [1.54, 1.807) is 31.5 Å². The highest BCUT2D eigenvalue weighted by molar-refractivity contribution is 5.97. The minimum absolute atomic E-state index is 0.360. The van der Waals surface area contributed by atoms with Crippen LogP contribution in [0.1, 0.15) is 36.2 Å². The maximum absolute atomic E-state index is 12.4. The number of nitrogens with one attached hydrogen (secondary N) is 1. The molecule has 150 valence electrons. The summed E-state index contributed by atoms with van der Waals surface area (Å²) in [6.07, 6.45) is 2.45. The van der Waals surface area contributed by atoms with E-state index in [9.17, 15) is 4.79 Å². The topological polar surface area (TPSA) is 78.4 Å². The number of ether oxygens (including phenoxy) is 4. The molecule has 0 heterocycles. The van der Waals surface area contributed by atoms with E-state index in [1.165, 1.54) is 7.11 Å². The second kappa shape index (κ2) is 10.8. The van der Waals surface area contributed by atoms with Gasteiger partial charge in [0.1, 0.15) is 11.5 Å². The summed E-state index contributed by atoms with van der Waals surface area (Å²) in [6.45, 7) is 5.10. The lowest BCUT2D eigenvalue weighted by Gasteiger charge is -2.12. The molecule has 0 aliphatic rings. The summed E-state index contributed by atoms with van der Waals surface area (Å²) in [5, 5.41) is 4.02. The lowest BCUT2D eigenvalue weighted by atomic mass is 10.2. The maximum Gasteiger partial charge on any atom is 0.275 e. The van der Waals surface area contributed by atoms with Crippen molar-refractivity contribution in [2.45, 2.75) is 20.3 Å². The van der Waals surface area contributed by atoms with Crippen molar-refractivity contribution in [3.63, 3.8) is 0 Å². The molecule has 0 saturated heterocycles. The van der Waals surface area contributed by atoms with Crippen molar-refractivity contribution in [3.05, 3.63) is 47.5 Å². The van der Waals surface area contributed by atoms with Gasteiger partial charge in [-0.1, -0.05) is 6.92 Å². The number of carbonyl (C=O) groups excluding carboxylic acids is 1. The van der Waals surface area contributed by atoms with Crippen LogP contribution in [-0.2, 0) is 0 Å². The molecule has 0 aromatic heterocycles. The van der Waals surface area contributed by atoms with E-state index in [0.29, 0.717) is 41.8 Å². The van der Waals surface area contributed by atoms with Crippen LogP contribution < -0.4 is 24.4 Å². The molecule has 0 spiro atoms. The van der Waals surface area contributed by atoms with E-state index in [1.807, 2.05) is 32.0 Å². The Balaban J connectivity index is 2.09. The monoisotopic (exact) mass is 386 g/mol. The standard InChI is InChI=1S/C21H26N2O5/c1-5-11-28-18-10-7-15(12-20(18)27-6-2)14-22-23-21(24)17-9-8-16(25-3)13-19(17)26-4/h7-10,12-14H,5-6,11H2,1-4H3,(H,23,24)/b22-14+. The molecule has 0 unspecified atom stereocenters. The first-order valence-electron chi connectivity index (χ1n) is 9.08. The molecule has 28 heavy (non-hydrogen) atoms. The van der Waals surface area contributed by atoms with Crippen LogP contribution in [0.5, 0.6) is 23.0 Å². The molecule has 1 amide bonds. The normalized spacial score (nSPS) is 10.6. The van der Waals surface area contributed by atoms with Gasteiger partial charge in [-0.05, 0) is 49.2 Å². The first kappa shape index (κ1) is 21.1.